The maximum Gasteiger partial charge on any atom is 0.244 e. The van der Waals surface area contributed by atoms with Gasteiger partial charge in [0.25, 0.3) is 0 Å². The van der Waals surface area contributed by atoms with E-state index in [0.29, 0.717) is 30.1 Å². The highest BCUT2D eigenvalue weighted by Crippen LogP contribution is 2.20. The predicted molar refractivity (Wildman–Crippen MR) is 111 cm³/mol. The monoisotopic (exact) mass is 386 g/mol. The summed E-state index contributed by atoms with van der Waals surface area (Å²) in [5.74, 6) is -0.238. The Kier molecular flexibility index (Phi) is 7.43. The third-order valence-electron chi connectivity index (χ3n) is 4.65. The van der Waals surface area contributed by atoms with Crippen LogP contribution in [0.2, 0.25) is 5.02 Å². The summed E-state index contributed by atoms with van der Waals surface area (Å²) in [5.41, 5.74) is 5.18. The number of likely N-dealkylation sites (N-methyl/N-ethyl adjacent to an activating group) is 1. The van der Waals surface area contributed by atoms with Gasteiger partial charge in [0.1, 0.15) is 0 Å². The van der Waals surface area contributed by atoms with Crippen molar-refractivity contribution in [2.75, 3.05) is 18.4 Å². The Balaban J connectivity index is 1.93. The molecule has 144 valence electrons. The minimum atomic E-state index is -0.220. The molecule has 27 heavy (non-hydrogen) atoms. The Hall–Kier alpha value is -2.33. The number of carbonyl (C=O) groups is 2. The van der Waals surface area contributed by atoms with Crippen LogP contribution < -0.4 is 5.32 Å². The fraction of sp³-hybridized carbons (Fsp3) is 0.364. The van der Waals surface area contributed by atoms with Gasteiger partial charge in [0.05, 0.1) is 6.54 Å². The van der Waals surface area contributed by atoms with E-state index in [1.807, 2.05) is 19.9 Å². The highest BCUT2D eigenvalue weighted by atomic mass is 35.5. The first-order valence-corrected chi connectivity index (χ1v) is 9.58. The van der Waals surface area contributed by atoms with E-state index in [1.165, 1.54) is 16.7 Å². The zero-order valence-electron chi connectivity index (χ0n) is 16.4. The quantitative estimate of drug-likeness (QED) is 0.750. The molecule has 0 saturated carbocycles. The minimum absolute atomic E-state index is 0.0181. The highest BCUT2D eigenvalue weighted by molar-refractivity contribution is 6.31. The standard InChI is InChI=1S/C22H27ClN2O2/c1-5-25(14-21(26)24-20-13-19(23)10-7-16(20)3)22(27)11-9-18-8-6-15(2)12-17(18)4/h6-8,10,12-13H,5,9,11,14H2,1-4H3,(H,24,26). The number of anilines is 1. The number of nitrogens with one attached hydrogen (secondary N) is 1. The number of amides is 2. The van der Waals surface area contributed by atoms with Gasteiger partial charge in [-0.1, -0.05) is 41.4 Å². The number of aryl methyl sites for hydroxylation is 4. The van der Waals surface area contributed by atoms with Gasteiger partial charge in [0, 0.05) is 23.7 Å². The molecule has 0 atom stereocenters. The number of rotatable bonds is 7. The van der Waals surface area contributed by atoms with Crippen molar-refractivity contribution in [2.24, 2.45) is 0 Å². The highest BCUT2D eigenvalue weighted by Gasteiger charge is 2.16. The Morgan fingerprint density at radius 1 is 1.04 bits per heavy atom. The average Bonchev–Trinajstić information content (AvgIpc) is 2.61. The van der Waals surface area contributed by atoms with Crippen LogP contribution in [0.3, 0.4) is 0 Å². The first-order chi connectivity index (χ1) is 12.8. The van der Waals surface area contributed by atoms with Crippen molar-refractivity contribution in [3.8, 4) is 0 Å². The summed E-state index contributed by atoms with van der Waals surface area (Å²) in [7, 11) is 0. The van der Waals surface area contributed by atoms with Gasteiger partial charge < -0.3 is 10.2 Å². The molecule has 0 saturated heterocycles. The second kappa shape index (κ2) is 9.56. The lowest BCUT2D eigenvalue weighted by molar-refractivity contribution is -0.134. The van der Waals surface area contributed by atoms with Crippen LogP contribution in [0.25, 0.3) is 0 Å². The number of hydrogen-bond donors (Lipinski definition) is 1. The van der Waals surface area contributed by atoms with E-state index < -0.39 is 0 Å². The molecule has 0 aliphatic heterocycles. The van der Waals surface area contributed by atoms with Crippen LogP contribution in [-0.4, -0.2) is 29.8 Å². The van der Waals surface area contributed by atoms with E-state index in [2.05, 4.69) is 37.4 Å². The van der Waals surface area contributed by atoms with E-state index in [0.717, 1.165) is 5.56 Å². The largest absolute Gasteiger partial charge is 0.334 e. The summed E-state index contributed by atoms with van der Waals surface area (Å²) in [4.78, 5) is 26.5. The Morgan fingerprint density at radius 2 is 1.78 bits per heavy atom. The van der Waals surface area contributed by atoms with Crippen molar-refractivity contribution in [2.45, 2.75) is 40.5 Å². The lowest BCUT2D eigenvalue weighted by atomic mass is 10.0. The maximum absolute atomic E-state index is 12.6. The van der Waals surface area contributed by atoms with Crippen LogP contribution in [0, 0.1) is 20.8 Å². The van der Waals surface area contributed by atoms with E-state index in [-0.39, 0.29) is 18.4 Å². The van der Waals surface area contributed by atoms with Gasteiger partial charge in [-0.25, -0.2) is 0 Å². The van der Waals surface area contributed by atoms with Crippen molar-refractivity contribution in [1.29, 1.82) is 0 Å². The van der Waals surface area contributed by atoms with Crippen molar-refractivity contribution in [3.63, 3.8) is 0 Å². The SMILES string of the molecule is CCN(CC(=O)Nc1cc(Cl)ccc1C)C(=O)CCc1ccc(C)cc1C. The van der Waals surface area contributed by atoms with Crippen molar-refractivity contribution in [3.05, 3.63) is 63.7 Å². The average molecular weight is 387 g/mol. The molecule has 1 N–H and O–H groups in total. The molecule has 0 spiro atoms. The van der Waals surface area contributed by atoms with Gasteiger partial charge in [-0.15, -0.1) is 0 Å². The summed E-state index contributed by atoms with van der Waals surface area (Å²) in [6, 6.07) is 11.6. The molecule has 2 amide bonds. The molecule has 0 radical (unpaired) electrons. The van der Waals surface area contributed by atoms with Gasteiger partial charge in [-0.3, -0.25) is 9.59 Å². The predicted octanol–water partition coefficient (Wildman–Crippen LogP) is 4.69. The maximum atomic E-state index is 12.6. The summed E-state index contributed by atoms with van der Waals surface area (Å²) in [6.07, 6.45) is 1.07. The number of nitrogens with zero attached hydrogens (tertiary/aromatic N) is 1. The third kappa shape index (κ3) is 6.10. The molecule has 0 aliphatic rings. The molecule has 4 nitrogen and oxygen atoms in total. The first-order valence-electron chi connectivity index (χ1n) is 9.20. The molecule has 2 aromatic rings. The van der Waals surface area contributed by atoms with Gasteiger partial charge in [-0.2, -0.15) is 0 Å². The van der Waals surface area contributed by atoms with E-state index in [1.54, 1.807) is 17.0 Å². The Bertz CT molecular complexity index is 833. The van der Waals surface area contributed by atoms with Crippen LogP contribution in [0.1, 0.15) is 35.6 Å². The molecule has 0 aliphatic carbocycles. The number of halogens is 1. The molecule has 2 aromatic carbocycles. The summed E-state index contributed by atoms with van der Waals surface area (Å²) in [6.45, 7) is 8.43. The first kappa shape index (κ1) is 21.0. The van der Waals surface area contributed by atoms with Crippen molar-refractivity contribution < 1.29 is 9.59 Å². The van der Waals surface area contributed by atoms with Crippen LogP contribution in [0.5, 0.6) is 0 Å². The molecular formula is C22H27ClN2O2. The summed E-state index contributed by atoms with van der Waals surface area (Å²) < 4.78 is 0. The smallest absolute Gasteiger partial charge is 0.244 e. The molecule has 5 heteroatoms. The normalized spacial score (nSPS) is 10.6. The van der Waals surface area contributed by atoms with Gasteiger partial charge in [0.2, 0.25) is 11.8 Å². The second-order valence-electron chi connectivity index (χ2n) is 6.85. The molecule has 0 heterocycles. The minimum Gasteiger partial charge on any atom is -0.334 e. The van der Waals surface area contributed by atoms with Gasteiger partial charge >= 0.3 is 0 Å². The van der Waals surface area contributed by atoms with Gasteiger partial charge in [-0.05, 0) is 62.9 Å². The Morgan fingerprint density at radius 3 is 2.44 bits per heavy atom. The van der Waals surface area contributed by atoms with Crippen LogP contribution in [-0.2, 0) is 16.0 Å². The van der Waals surface area contributed by atoms with E-state index in [4.69, 9.17) is 11.6 Å². The number of benzene rings is 2. The molecule has 0 bridgehead atoms. The number of carbonyl (C=O) groups excluding carboxylic acids is 2. The lowest BCUT2D eigenvalue weighted by Gasteiger charge is -2.21. The Labute approximate surface area is 166 Å². The summed E-state index contributed by atoms with van der Waals surface area (Å²) in [5, 5.41) is 3.41. The molecule has 0 unspecified atom stereocenters. The van der Waals surface area contributed by atoms with Crippen LogP contribution >= 0.6 is 11.6 Å². The molecule has 0 fully saturated rings. The summed E-state index contributed by atoms with van der Waals surface area (Å²) >= 11 is 5.99. The van der Waals surface area contributed by atoms with Crippen molar-refractivity contribution in [1.82, 2.24) is 4.90 Å². The van der Waals surface area contributed by atoms with E-state index in [9.17, 15) is 9.59 Å². The zero-order valence-corrected chi connectivity index (χ0v) is 17.2. The zero-order chi connectivity index (χ0) is 20.0. The topological polar surface area (TPSA) is 49.4 Å². The fourth-order valence-electron chi connectivity index (χ4n) is 2.99. The number of hydrogen-bond acceptors (Lipinski definition) is 2. The van der Waals surface area contributed by atoms with Crippen molar-refractivity contribution >= 4 is 29.1 Å². The van der Waals surface area contributed by atoms with E-state index >= 15 is 0 Å². The molecular weight excluding hydrogens is 360 g/mol. The second-order valence-corrected chi connectivity index (χ2v) is 7.28. The van der Waals surface area contributed by atoms with Gasteiger partial charge in [0.15, 0.2) is 0 Å². The fourth-order valence-corrected chi connectivity index (χ4v) is 3.17. The molecule has 0 aromatic heterocycles. The third-order valence-corrected chi connectivity index (χ3v) is 4.88. The molecule has 2 rings (SSSR count). The van der Waals surface area contributed by atoms with Crippen LogP contribution in [0.4, 0.5) is 5.69 Å². The lowest BCUT2D eigenvalue weighted by Crippen LogP contribution is -2.38. The van der Waals surface area contributed by atoms with Crippen LogP contribution in [0.15, 0.2) is 36.4 Å².